The highest BCUT2D eigenvalue weighted by Gasteiger charge is 2.40. The summed E-state index contributed by atoms with van der Waals surface area (Å²) < 4.78 is 0. The molecule has 0 spiro atoms. The number of aliphatic hydroxyl groups is 1. The van der Waals surface area contributed by atoms with Gasteiger partial charge in [-0.25, -0.2) is 0 Å². The fraction of sp³-hybridized carbons (Fsp3) is 0.833. The first-order chi connectivity index (χ1) is 7.61. The maximum Gasteiger partial charge on any atom is 0.229 e. The maximum atomic E-state index is 11.9. The first kappa shape index (κ1) is 13.2. The highest BCUT2D eigenvalue weighted by atomic mass is 16.3. The molecule has 1 fully saturated rings. The number of nitrogens with zero attached hydrogens (tertiary/aromatic N) is 1. The van der Waals surface area contributed by atoms with Gasteiger partial charge >= 0.3 is 0 Å². The van der Waals surface area contributed by atoms with Crippen LogP contribution in [-0.4, -0.2) is 34.0 Å². The van der Waals surface area contributed by atoms with Crippen LogP contribution in [0.5, 0.6) is 0 Å². The van der Waals surface area contributed by atoms with Crippen LogP contribution in [0.25, 0.3) is 0 Å². The molecule has 1 aliphatic rings. The molecule has 1 heterocycles. The second-order valence-electron chi connectivity index (χ2n) is 4.42. The summed E-state index contributed by atoms with van der Waals surface area (Å²) in [7, 11) is 0. The number of rotatable bonds is 4. The second kappa shape index (κ2) is 5.43. The van der Waals surface area contributed by atoms with Crippen LogP contribution in [0.1, 0.15) is 52.4 Å². The molecule has 92 valence electrons. The zero-order chi connectivity index (χ0) is 12.2. The third kappa shape index (κ3) is 2.26. The van der Waals surface area contributed by atoms with Crippen molar-refractivity contribution in [1.82, 2.24) is 4.90 Å². The highest BCUT2D eigenvalue weighted by Crippen LogP contribution is 2.28. The first-order valence-electron chi connectivity index (χ1n) is 6.08. The Morgan fingerprint density at radius 2 is 1.56 bits per heavy atom. The summed E-state index contributed by atoms with van der Waals surface area (Å²) in [5, 5.41) is 9.51. The van der Waals surface area contributed by atoms with E-state index < -0.39 is 5.54 Å². The van der Waals surface area contributed by atoms with Crippen LogP contribution >= 0.6 is 0 Å². The zero-order valence-electron chi connectivity index (χ0n) is 10.2. The Labute approximate surface area is 96.6 Å². The lowest BCUT2D eigenvalue weighted by Gasteiger charge is -2.39. The Bertz CT molecular complexity index is 245. The van der Waals surface area contributed by atoms with E-state index in [9.17, 15) is 14.7 Å². The number of hydrogen-bond acceptors (Lipinski definition) is 3. The summed E-state index contributed by atoms with van der Waals surface area (Å²) in [5.74, 6) is -0.250. The van der Waals surface area contributed by atoms with Gasteiger partial charge in [0, 0.05) is 12.8 Å². The molecule has 0 aliphatic carbocycles. The van der Waals surface area contributed by atoms with Crippen molar-refractivity contribution < 1.29 is 14.7 Å². The normalized spacial score (nSPS) is 18.8. The van der Waals surface area contributed by atoms with Gasteiger partial charge in [0.15, 0.2) is 0 Å². The minimum absolute atomic E-state index is 0.125. The molecule has 0 radical (unpaired) electrons. The molecule has 0 bridgehead atoms. The first-order valence-corrected chi connectivity index (χ1v) is 6.08. The largest absolute Gasteiger partial charge is 0.394 e. The molecule has 0 aromatic carbocycles. The lowest BCUT2D eigenvalue weighted by molar-refractivity contribution is -0.154. The van der Waals surface area contributed by atoms with Gasteiger partial charge in [0.05, 0.1) is 12.1 Å². The molecule has 4 nitrogen and oxygen atoms in total. The van der Waals surface area contributed by atoms with Crippen molar-refractivity contribution in [3.8, 4) is 0 Å². The average Bonchev–Trinajstić information content (AvgIpc) is 2.46. The number of hydrogen-bond donors (Lipinski definition) is 1. The summed E-state index contributed by atoms with van der Waals surface area (Å²) in [4.78, 5) is 25.2. The molecule has 1 saturated heterocycles. The van der Waals surface area contributed by atoms with E-state index in [1.807, 2.05) is 13.8 Å². The summed E-state index contributed by atoms with van der Waals surface area (Å²) in [5.41, 5.74) is -0.682. The smallest absolute Gasteiger partial charge is 0.229 e. The molecule has 1 aliphatic heterocycles. The van der Waals surface area contributed by atoms with Gasteiger partial charge in [0.1, 0.15) is 0 Å². The fourth-order valence-electron chi connectivity index (χ4n) is 2.30. The molecule has 2 amide bonds. The van der Waals surface area contributed by atoms with Gasteiger partial charge in [-0.05, 0) is 25.7 Å². The van der Waals surface area contributed by atoms with Crippen LogP contribution in [0.15, 0.2) is 0 Å². The number of imide groups is 1. The maximum absolute atomic E-state index is 11.9. The summed E-state index contributed by atoms with van der Waals surface area (Å²) in [6.45, 7) is 3.67. The van der Waals surface area contributed by atoms with E-state index >= 15 is 0 Å². The van der Waals surface area contributed by atoms with Crippen molar-refractivity contribution in [2.24, 2.45) is 0 Å². The van der Waals surface area contributed by atoms with Crippen LogP contribution in [-0.2, 0) is 9.59 Å². The van der Waals surface area contributed by atoms with Crippen molar-refractivity contribution in [1.29, 1.82) is 0 Å². The van der Waals surface area contributed by atoms with Crippen LogP contribution in [0.4, 0.5) is 0 Å². The lowest BCUT2D eigenvalue weighted by Crippen LogP contribution is -2.55. The third-order valence-electron chi connectivity index (χ3n) is 3.61. The molecule has 1 rings (SSSR count). The predicted octanol–water partition coefficient (Wildman–Crippen LogP) is 1.47. The van der Waals surface area contributed by atoms with Gasteiger partial charge in [-0.15, -0.1) is 0 Å². The second-order valence-corrected chi connectivity index (χ2v) is 4.42. The molecule has 4 heteroatoms. The van der Waals surface area contributed by atoms with Crippen molar-refractivity contribution in [2.45, 2.75) is 57.9 Å². The third-order valence-corrected chi connectivity index (χ3v) is 3.61. The topological polar surface area (TPSA) is 57.6 Å². The Kier molecular flexibility index (Phi) is 4.47. The molecular weight excluding hydrogens is 206 g/mol. The van der Waals surface area contributed by atoms with Crippen molar-refractivity contribution in [2.75, 3.05) is 6.61 Å². The number of amides is 2. The van der Waals surface area contributed by atoms with Crippen molar-refractivity contribution >= 4 is 11.8 Å². The Morgan fingerprint density at radius 3 is 1.88 bits per heavy atom. The van der Waals surface area contributed by atoms with E-state index in [1.54, 1.807) is 0 Å². The number of carbonyl (C=O) groups excluding carboxylic acids is 2. The van der Waals surface area contributed by atoms with Gasteiger partial charge < -0.3 is 5.11 Å². The Morgan fingerprint density at radius 1 is 1.12 bits per heavy atom. The number of aliphatic hydroxyl groups excluding tert-OH is 1. The summed E-state index contributed by atoms with van der Waals surface area (Å²) in [6.07, 6.45) is 3.61. The van der Waals surface area contributed by atoms with Crippen molar-refractivity contribution in [3.63, 3.8) is 0 Å². The molecule has 0 unspecified atom stereocenters. The van der Waals surface area contributed by atoms with E-state index in [-0.39, 0.29) is 18.4 Å². The minimum Gasteiger partial charge on any atom is -0.394 e. The molecule has 1 N–H and O–H groups in total. The summed E-state index contributed by atoms with van der Waals surface area (Å²) in [6, 6.07) is 0. The molecule has 16 heavy (non-hydrogen) atoms. The fourth-order valence-corrected chi connectivity index (χ4v) is 2.30. The highest BCUT2D eigenvalue weighted by molar-refractivity contribution is 5.97. The quantitative estimate of drug-likeness (QED) is 0.740. The predicted molar refractivity (Wildman–Crippen MR) is 60.7 cm³/mol. The van der Waals surface area contributed by atoms with E-state index in [1.165, 1.54) is 4.90 Å². The molecule has 0 saturated carbocycles. The molecule has 0 atom stereocenters. The molecule has 0 aromatic heterocycles. The van der Waals surface area contributed by atoms with Crippen molar-refractivity contribution in [3.05, 3.63) is 0 Å². The van der Waals surface area contributed by atoms with E-state index in [2.05, 4.69) is 0 Å². The average molecular weight is 227 g/mol. The van der Waals surface area contributed by atoms with Crippen LogP contribution in [0, 0.1) is 0 Å². The van der Waals surface area contributed by atoms with Crippen LogP contribution in [0.3, 0.4) is 0 Å². The Balaban J connectivity index is 3.03. The van der Waals surface area contributed by atoms with Gasteiger partial charge in [-0.3, -0.25) is 14.5 Å². The lowest BCUT2D eigenvalue weighted by atomic mass is 9.91. The van der Waals surface area contributed by atoms with Gasteiger partial charge in [0.2, 0.25) is 11.8 Å². The van der Waals surface area contributed by atoms with E-state index in [0.717, 1.165) is 12.8 Å². The SMILES string of the molecule is CCC(CC)(CO)N1C(=O)CCCCC1=O. The van der Waals surface area contributed by atoms with Gasteiger partial charge in [-0.1, -0.05) is 13.8 Å². The van der Waals surface area contributed by atoms with Crippen LogP contribution < -0.4 is 0 Å². The van der Waals surface area contributed by atoms with Gasteiger partial charge in [-0.2, -0.15) is 0 Å². The molecular formula is C12H21NO3. The zero-order valence-corrected chi connectivity index (χ0v) is 10.2. The molecule has 0 aromatic rings. The van der Waals surface area contributed by atoms with E-state index in [4.69, 9.17) is 0 Å². The van der Waals surface area contributed by atoms with Gasteiger partial charge in [0.25, 0.3) is 0 Å². The monoisotopic (exact) mass is 227 g/mol. The van der Waals surface area contributed by atoms with E-state index in [0.29, 0.717) is 25.7 Å². The number of carbonyl (C=O) groups is 2. The summed E-state index contributed by atoms with van der Waals surface area (Å²) >= 11 is 0. The standard InChI is InChI=1S/C12H21NO3/c1-3-12(4-2,9-14)13-10(15)7-5-6-8-11(13)16/h14H,3-9H2,1-2H3. The minimum atomic E-state index is -0.682. The number of likely N-dealkylation sites (tertiary alicyclic amines) is 1. The van der Waals surface area contributed by atoms with Crippen LogP contribution in [0.2, 0.25) is 0 Å². The Hall–Kier alpha value is -0.900.